The number of aliphatic hydroxyl groups excluding tert-OH is 1. The van der Waals surface area contributed by atoms with Gasteiger partial charge in [0.2, 0.25) is 0 Å². The van der Waals surface area contributed by atoms with Crippen LogP contribution in [-0.4, -0.2) is 23.9 Å². The first-order valence-electron chi connectivity index (χ1n) is 6.18. The molecule has 0 radical (unpaired) electrons. The predicted octanol–water partition coefficient (Wildman–Crippen LogP) is 2.55. The first-order chi connectivity index (χ1) is 7.84. The molecule has 1 saturated carbocycles. The first-order valence-corrected chi connectivity index (χ1v) is 6.18. The molecule has 1 N–H and O–H groups in total. The maximum absolute atomic E-state index is 9.37. The van der Waals surface area contributed by atoms with Crippen LogP contribution in [0.15, 0.2) is 30.3 Å². The second-order valence-corrected chi connectivity index (χ2v) is 4.54. The lowest BCUT2D eigenvalue weighted by Gasteiger charge is -2.25. The molecular formula is C14H20O2. The van der Waals surface area contributed by atoms with Gasteiger partial charge in [0.25, 0.3) is 0 Å². The summed E-state index contributed by atoms with van der Waals surface area (Å²) in [4.78, 5) is 0. The van der Waals surface area contributed by atoms with Crippen LogP contribution in [-0.2, 0) is 11.2 Å². The number of ether oxygens (including phenoxy) is 1. The summed E-state index contributed by atoms with van der Waals surface area (Å²) in [6.45, 7) is 0.796. The summed E-state index contributed by atoms with van der Waals surface area (Å²) in [7, 11) is 0. The van der Waals surface area contributed by atoms with Crippen molar-refractivity contribution in [1.29, 1.82) is 0 Å². The van der Waals surface area contributed by atoms with Gasteiger partial charge in [-0.15, -0.1) is 0 Å². The molecule has 0 atom stereocenters. The molecule has 0 bridgehead atoms. The lowest BCUT2D eigenvalue weighted by atomic mass is 9.95. The molecule has 1 fully saturated rings. The molecule has 0 aromatic heterocycles. The highest BCUT2D eigenvalue weighted by atomic mass is 16.5. The van der Waals surface area contributed by atoms with Crippen LogP contribution in [0.25, 0.3) is 0 Å². The van der Waals surface area contributed by atoms with Crippen molar-refractivity contribution in [2.45, 2.75) is 44.3 Å². The predicted molar refractivity (Wildman–Crippen MR) is 64.4 cm³/mol. The summed E-state index contributed by atoms with van der Waals surface area (Å²) in [6.07, 6.45) is 5.08. The second-order valence-electron chi connectivity index (χ2n) is 4.54. The quantitative estimate of drug-likeness (QED) is 0.845. The fraction of sp³-hybridized carbons (Fsp3) is 0.571. The number of benzene rings is 1. The van der Waals surface area contributed by atoms with E-state index in [1.807, 2.05) is 6.07 Å². The van der Waals surface area contributed by atoms with Crippen LogP contribution in [0.5, 0.6) is 0 Å². The van der Waals surface area contributed by atoms with E-state index in [1.54, 1.807) is 0 Å². The minimum Gasteiger partial charge on any atom is -0.393 e. The molecule has 2 heteroatoms. The molecule has 0 spiro atoms. The molecule has 0 heterocycles. The van der Waals surface area contributed by atoms with Crippen molar-refractivity contribution < 1.29 is 9.84 Å². The van der Waals surface area contributed by atoms with Crippen LogP contribution >= 0.6 is 0 Å². The molecule has 16 heavy (non-hydrogen) atoms. The maximum Gasteiger partial charge on any atom is 0.0577 e. The maximum atomic E-state index is 9.37. The van der Waals surface area contributed by atoms with Gasteiger partial charge in [-0.2, -0.15) is 0 Å². The van der Waals surface area contributed by atoms with Gasteiger partial charge in [-0.05, 0) is 37.7 Å². The van der Waals surface area contributed by atoms with Crippen molar-refractivity contribution >= 4 is 0 Å². The largest absolute Gasteiger partial charge is 0.393 e. The van der Waals surface area contributed by atoms with Crippen LogP contribution in [0.2, 0.25) is 0 Å². The van der Waals surface area contributed by atoms with Gasteiger partial charge < -0.3 is 9.84 Å². The van der Waals surface area contributed by atoms with Crippen LogP contribution in [0.3, 0.4) is 0 Å². The topological polar surface area (TPSA) is 29.5 Å². The van der Waals surface area contributed by atoms with Crippen molar-refractivity contribution in [2.24, 2.45) is 0 Å². The van der Waals surface area contributed by atoms with Gasteiger partial charge in [0, 0.05) is 0 Å². The number of hydrogen-bond donors (Lipinski definition) is 1. The molecule has 1 aromatic rings. The Bertz CT molecular complexity index is 289. The molecule has 0 unspecified atom stereocenters. The summed E-state index contributed by atoms with van der Waals surface area (Å²) < 4.78 is 5.82. The van der Waals surface area contributed by atoms with E-state index in [0.29, 0.717) is 6.10 Å². The third-order valence-corrected chi connectivity index (χ3v) is 3.23. The molecule has 0 amide bonds. The smallest absolute Gasteiger partial charge is 0.0577 e. The molecule has 0 saturated heterocycles. The molecule has 88 valence electrons. The number of aliphatic hydroxyl groups is 1. The Balaban J connectivity index is 1.65. The van der Waals surface area contributed by atoms with Gasteiger partial charge in [-0.3, -0.25) is 0 Å². The van der Waals surface area contributed by atoms with Crippen molar-refractivity contribution in [3.63, 3.8) is 0 Å². The van der Waals surface area contributed by atoms with E-state index >= 15 is 0 Å². The van der Waals surface area contributed by atoms with E-state index in [-0.39, 0.29) is 6.10 Å². The molecule has 1 aliphatic rings. The summed E-state index contributed by atoms with van der Waals surface area (Å²) in [5.74, 6) is 0. The highest BCUT2D eigenvalue weighted by molar-refractivity contribution is 5.14. The average molecular weight is 220 g/mol. The van der Waals surface area contributed by atoms with Gasteiger partial charge in [0.05, 0.1) is 18.8 Å². The van der Waals surface area contributed by atoms with Crippen molar-refractivity contribution in [3.05, 3.63) is 35.9 Å². The molecule has 2 nitrogen and oxygen atoms in total. The minimum absolute atomic E-state index is 0.0889. The summed E-state index contributed by atoms with van der Waals surface area (Å²) in [5.41, 5.74) is 1.33. The van der Waals surface area contributed by atoms with Crippen molar-refractivity contribution in [1.82, 2.24) is 0 Å². The van der Waals surface area contributed by atoms with E-state index in [2.05, 4.69) is 24.3 Å². The van der Waals surface area contributed by atoms with Crippen LogP contribution in [0, 0.1) is 0 Å². The lowest BCUT2D eigenvalue weighted by Crippen LogP contribution is -2.24. The molecular weight excluding hydrogens is 200 g/mol. The SMILES string of the molecule is OC1CCC(OCCc2ccccc2)CC1. The van der Waals surface area contributed by atoms with Crippen molar-refractivity contribution in [3.8, 4) is 0 Å². The third-order valence-electron chi connectivity index (χ3n) is 3.23. The van der Waals surface area contributed by atoms with Gasteiger partial charge in [0.1, 0.15) is 0 Å². The summed E-state index contributed by atoms with van der Waals surface area (Å²) in [5, 5.41) is 9.37. The Morgan fingerprint density at radius 2 is 1.75 bits per heavy atom. The van der Waals surface area contributed by atoms with Crippen LogP contribution in [0.1, 0.15) is 31.2 Å². The second kappa shape index (κ2) is 6.02. The molecule has 0 aliphatic heterocycles. The minimum atomic E-state index is -0.0889. The van der Waals surface area contributed by atoms with E-state index in [0.717, 1.165) is 38.7 Å². The van der Waals surface area contributed by atoms with Crippen LogP contribution < -0.4 is 0 Å². The molecule has 1 aromatic carbocycles. The van der Waals surface area contributed by atoms with Crippen molar-refractivity contribution in [2.75, 3.05) is 6.61 Å². The van der Waals surface area contributed by atoms with Crippen LogP contribution in [0.4, 0.5) is 0 Å². The van der Waals surface area contributed by atoms with E-state index in [1.165, 1.54) is 5.56 Å². The van der Waals surface area contributed by atoms with E-state index in [9.17, 15) is 5.11 Å². The Morgan fingerprint density at radius 3 is 2.44 bits per heavy atom. The monoisotopic (exact) mass is 220 g/mol. The zero-order chi connectivity index (χ0) is 11.2. The Kier molecular flexibility index (Phi) is 4.37. The summed E-state index contributed by atoms with van der Waals surface area (Å²) in [6, 6.07) is 10.4. The number of rotatable bonds is 4. The zero-order valence-electron chi connectivity index (χ0n) is 9.64. The standard InChI is InChI=1S/C14H20O2/c15-13-6-8-14(9-7-13)16-11-10-12-4-2-1-3-5-12/h1-5,13-15H,6-11H2. The molecule has 2 rings (SSSR count). The first kappa shape index (κ1) is 11.6. The normalized spacial score (nSPS) is 25.6. The fourth-order valence-electron chi connectivity index (χ4n) is 2.20. The zero-order valence-corrected chi connectivity index (χ0v) is 9.64. The fourth-order valence-corrected chi connectivity index (χ4v) is 2.20. The average Bonchev–Trinajstić information content (AvgIpc) is 2.33. The summed E-state index contributed by atoms with van der Waals surface area (Å²) >= 11 is 0. The lowest BCUT2D eigenvalue weighted by molar-refractivity contribution is -0.00180. The van der Waals surface area contributed by atoms with E-state index < -0.39 is 0 Å². The van der Waals surface area contributed by atoms with Gasteiger partial charge in [-0.1, -0.05) is 30.3 Å². The third kappa shape index (κ3) is 3.62. The Labute approximate surface area is 97.3 Å². The Morgan fingerprint density at radius 1 is 1.06 bits per heavy atom. The highest BCUT2D eigenvalue weighted by Crippen LogP contribution is 2.21. The van der Waals surface area contributed by atoms with Gasteiger partial charge in [-0.25, -0.2) is 0 Å². The highest BCUT2D eigenvalue weighted by Gasteiger charge is 2.19. The van der Waals surface area contributed by atoms with Gasteiger partial charge >= 0.3 is 0 Å². The van der Waals surface area contributed by atoms with Gasteiger partial charge in [0.15, 0.2) is 0 Å². The number of hydrogen-bond acceptors (Lipinski definition) is 2. The van der Waals surface area contributed by atoms with E-state index in [4.69, 9.17) is 4.74 Å². The molecule has 1 aliphatic carbocycles. The Hall–Kier alpha value is -0.860.